The first-order valence-electron chi connectivity index (χ1n) is 9.17. The smallest absolute Gasteiger partial charge is 0.149 e. The van der Waals surface area contributed by atoms with Gasteiger partial charge in [-0.3, -0.25) is 0 Å². The Hall–Kier alpha value is -3.11. The van der Waals surface area contributed by atoms with Gasteiger partial charge in [0.25, 0.3) is 0 Å². The van der Waals surface area contributed by atoms with Crippen LogP contribution in [0.2, 0.25) is 0 Å². The SMILES string of the molecule is Cc1ccc2nc(C(C#N)=Cc3ccccc3OCc3ccc(I)cc3)[nH]c2c1. The largest absolute Gasteiger partial charge is 0.488 e. The Labute approximate surface area is 183 Å². The highest BCUT2D eigenvalue weighted by atomic mass is 127. The number of rotatable bonds is 5. The van der Waals surface area contributed by atoms with E-state index >= 15 is 0 Å². The topological polar surface area (TPSA) is 61.7 Å². The Morgan fingerprint density at radius 2 is 1.93 bits per heavy atom. The molecule has 3 aromatic carbocycles. The van der Waals surface area contributed by atoms with Crippen molar-refractivity contribution in [1.82, 2.24) is 9.97 Å². The molecule has 0 radical (unpaired) electrons. The molecule has 4 rings (SSSR count). The van der Waals surface area contributed by atoms with Crippen molar-refractivity contribution < 1.29 is 4.74 Å². The number of allylic oxidation sites excluding steroid dienone is 1. The second-order valence-electron chi connectivity index (χ2n) is 6.73. The van der Waals surface area contributed by atoms with Gasteiger partial charge in [-0.15, -0.1) is 0 Å². The van der Waals surface area contributed by atoms with Crippen LogP contribution in [0.5, 0.6) is 5.75 Å². The van der Waals surface area contributed by atoms with Gasteiger partial charge in [0, 0.05) is 9.13 Å². The highest BCUT2D eigenvalue weighted by molar-refractivity contribution is 14.1. The molecule has 0 aliphatic heterocycles. The van der Waals surface area contributed by atoms with E-state index in [0.29, 0.717) is 18.0 Å². The molecule has 0 saturated carbocycles. The second kappa shape index (κ2) is 8.50. The molecule has 29 heavy (non-hydrogen) atoms. The fourth-order valence-corrected chi connectivity index (χ4v) is 3.39. The van der Waals surface area contributed by atoms with E-state index in [4.69, 9.17) is 4.74 Å². The lowest BCUT2D eigenvalue weighted by Gasteiger charge is -2.09. The number of fused-ring (bicyclic) bond motifs is 1. The number of aromatic nitrogens is 2. The van der Waals surface area contributed by atoms with E-state index in [1.54, 1.807) is 0 Å². The number of para-hydroxylation sites is 1. The molecule has 0 saturated heterocycles. The highest BCUT2D eigenvalue weighted by Gasteiger charge is 2.10. The highest BCUT2D eigenvalue weighted by Crippen LogP contribution is 2.26. The molecule has 0 amide bonds. The zero-order valence-corrected chi connectivity index (χ0v) is 18.0. The van der Waals surface area contributed by atoms with E-state index in [2.05, 4.69) is 62.9 Å². The number of nitrogens with zero attached hydrogens (tertiary/aromatic N) is 2. The molecule has 0 unspecified atom stereocenters. The maximum absolute atomic E-state index is 9.73. The first-order valence-corrected chi connectivity index (χ1v) is 10.2. The van der Waals surface area contributed by atoms with E-state index in [0.717, 1.165) is 33.5 Å². The van der Waals surface area contributed by atoms with Crippen molar-refractivity contribution in [3.8, 4) is 11.8 Å². The fraction of sp³-hybridized carbons (Fsp3) is 0.0833. The van der Waals surface area contributed by atoms with E-state index in [-0.39, 0.29) is 0 Å². The Morgan fingerprint density at radius 3 is 2.72 bits per heavy atom. The average molecular weight is 491 g/mol. The lowest BCUT2D eigenvalue weighted by atomic mass is 10.1. The molecule has 4 nitrogen and oxygen atoms in total. The maximum Gasteiger partial charge on any atom is 0.149 e. The fourth-order valence-electron chi connectivity index (χ4n) is 3.03. The monoisotopic (exact) mass is 491 g/mol. The van der Waals surface area contributed by atoms with Crippen molar-refractivity contribution in [3.63, 3.8) is 0 Å². The number of hydrogen-bond acceptors (Lipinski definition) is 3. The Morgan fingerprint density at radius 1 is 1.14 bits per heavy atom. The van der Waals surface area contributed by atoms with Crippen LogP contribution in [0, 0.1) is 21.8 Å². The Kier molecular flexibility index (Phi) is 5.63. The average Bonchev–Trinajstić information content (AvgIpc) is 3.15. The third kappa shape index (κ3) is 4.49. The molecule has 0 spiro atoms. The minimum Gasteiger partial charge on any atom is -0.488 e. The lowest BCUT2D eigenvalue weighted by molar-refractivity contribution is 0.305. The zero-order chi connectivity index (χ0) is 20.2. The molecule has 1 heterocycles. The number of nitrogens with one attached hydrogen (secondary N) is 1. The molecule has 142 valence electrons. The van der Waals surface area contributed by atoms with Crippen LogP contribution in [0.3, 0.4) is 0 Å². The molecule has 0 aliphatic carbocycles. The minimum atomic E-state index is 0.462. The van der Waals surface area contributed by atoms with Crippen LogP contribution in [0.1, 0.15) is 22.5 Å². The predicted molar refractivity (Wildman–Crippen MR) is 124 cm³/mol. The quantitative estimate of drug-likeness (QED) is 0.270. The standard InChI is InChI=1S/C24H18IN3O/c1-16-6-11-21-22(12-16)28-24(27-21)19(14-26)13-18-4-2-3-5-23(18)29-15-17-7-9-20(25)10-8-17/h2-13H,15H2,1H3,(H,27,28). The molecule has 1 N–H and O–H groups in total. The van der Waals surface area contributed by atoms with Crippen molar-refractivity contribution in [3.05, 3.63) is 92.8 Å². The number of aryl methyl sites for hydroxylation is 1. The van der Waals surface area contributed by atoms with E-state index in [1.165, 1.54) is 3.57 Å². The first kappa shape index (κ1) is 19.2. The molecular formula is C24H18IN3O. The molecule has 4 aromatic rings. The third-order valence-electron chi connectivity index (χ3n) is 4.54. The number of H-pyrrole nitrogens is 1. The van der Waals surface area contributed by atoms with Gasteiger partial charge in [0.1, 0.15) is 24.3 Å². The summed E-state index contributed by atoms with van der Waals surface area (Å²) in [7, 11) is 0. The lowest BCUT2D eigenvalue weighted by Crippen LogP contribution is -1.97. The zero-order valence-electron chi connectivity index (χ0n) is 15.8. The second-order valence-corrected chi connectivity index (χ2v) is 7.97. The maximum atomic E-state index is 9.73. The number of imidazole rings is 1. The first-order chi connectivity index (χ1) is 14.1. The molecule has 0 bridgehead atoms. The van der Waals surface area contributed by atoms with Gasteiger partial charge in [0.05, 0.1) is 16.6 Å². The molecule has 5 heteroatoms. The van der Waals surface area contributed by atoms with Crippen molar-refractivity contribution in [2.24, 2.45) is 0 Å². The summed E-state index contributed by atoms with van der Waals surface area (Å²) in [5.41, 5.74) is 5.30. The minimum absolute atomic E-state index is 0.462. The normalized spacial score (nSPS) is 11.4. The van der Waals surface area contributed by atoms with E-state index in [1.807, 2.05) is 55.5 Å². The van der Waals surface area contributed by atoms with E-state index < -0.39 is 0 Å². The molecular weight excluding hydrogens is 473 g/mol. The van der Waals surface area contributed by atoms with E-state index in [9.17, 15) is 5.26 Å². The van der Waals surface area contributed by atoms with Crippen molar-refractivity contribution in [2.75, 3.05) is 0 Å². The van der Waals surface area contributed by atoms with Gasteiger partial charge in [0.15, 0.2) is 0 Å². The number of halogens is 1. The van der Waals surface area contributed by atoms with Crippen LogP contribution >= 0.6 is 22.6 Å². The van der Waals surface area contributed by atoms with Crippen LogP contribution in [0.15, 0.2) is 66.7 Å². The number of hydrogen-bond donors (Lipinski definition) is 1. The van der Waals surface area contributed by atoms with Crippen molar-refractivity contribution in [2.45, 2.75) is 13.5 Å². The van der Waals surface area contributed by atoms with Gasteiger partial charge in [-0.05, 0) is 77.0 Å². The number of benzene rings is 3. The van der Waals surface area contributed by atoms with Gasteiger partial charge in [-0.1, -0.05) is 36.4 Å². The number of aromatic amines is 1. The predicted octanol–water partition coefficient (Wildman–Crippen LogP) is 6.12. The van der Waals surface area contributed by atoms with Crippen LogP contribution < -0.4 is 4.74 Å². The summed E-state index contributed by atoms with van der Waals surface area (Å²) in [4.78, 5) is 7.81. The van der Waals surface area contributed by atoms with Crippen LogP contribution in [0.4, 0.5) is 0 Å². The molecule has 0 atom stereocenters. The van der Waals surface area contributed by atoms with Gasteiger partial charge < -0.3 is 9.72 Å². The summed E-state index contributed by atoms with van der Waals surface area (Å²) in [6.45, 7) is 2.50. The summed E-state index contributed by atoms with van der Waals surface area (Å²) in [6.07, 6.45) is 1.81. The van der Waals surface area contributed by atoms with Gasteiger partial charge in [0.2, 0.25) is 0 Å². The van der Waals surface area contributed by atoms with Crippen LogP contribution in [0.25, 0.3) is 22.7 Å². The van der Waals surface area contributed by atoms with Crippen LogP contribution in [-0.2, 0) is 6.61 Å². The number of nitriles is 1. The summed E-state index contributed by atoms with van der Waals surface area (Å²) in [5.74, 6) is 1.28. The van der Waals surface area contributed by atoms with Crippen LogP contribution in [-0.4, -0.2) is 9.97 Å². The van der Waals surface area contributed by atoms with Crippen molar-refractivity contribution in [1.29, 1.82) is 5.26 Å². The molecule has 0 fully saturated rings. The summed E-state index contributed by atoms with van der Waals surface area (Å²) in [6, 6.07) is 24.2. The molecule has 0 aliphatic rings. The molecule has 1 aromatic heterocycles. The summed E-state index contributed by atoms with van der Waals surface area (Å²) < 4.78 is 7.22. The Balaban J connectivity index is 1.63. The van der Waals surface area contributed by atoms with Gasteiger partial charge in [-0.2, -0.15) is 5.26 Å². The van der Waals surface area contributed by atoms with Gasteiger partial charge >= 0.3 is 0 Å². The summed E-state index contributed by atoms with van der Waals surface area (Å²) >= 11 is 2.28. The van der Waals surface area contributed by atoms with Crippen molar-refractivity contribution >= 4 is 45.3 Å². The van der Waals surface area contributed by atoms with Gasteiger partial charge in [-0.25, -0.2) is 4.98 Å². The number of ether oxygens (including phenoxy) is 1. The third-order valence-corrected chi connectivity index (χ3v) is 5.26. The summed E-state index contributed by atoms with van der Waals surface area (Å²) in [5, 5.41) is 9.73. The Bertz CT molecular complexity index is 1230.